The molecule has 0 aliphatic carbocycles. The first-order chi connectivity index (χ1) is 14.6. The number of rotatable bonds is 8. The summed E-state index contributed by atoms with van der Waals surface area (Å²) in [5.74, 6) is 0.245. The number of aliphatic imine (C=N–C) groups is 1. The van der Waals surface area contributed by atoms with Gasteiger partial charge in [-0.25, -0.2) is 4.99 Å². The minimum Gasteiger partial charge on any atom is -0.494 e. The number of ether oxygens (including phenoxy) is 1. The van der Waals surface area contributed by atoms with E-state index < -0.39 is 5.25 Å². The molecule has 1 saturated heterocycles. The maximum Gasteiger partial charge on any atom is 0.238 e. The number of carbonyl (C=O) groups is 2. The number of hydrogen-bond donors (Lipinski definition) is 2. The van der Waals surface area contributed by atoms with Crippen LogP contribution in [0.25, 0.3) is 0 Å². The van der Waals surface area contributed by atoms with E-state index in [4.69, 9.17) is 4.74 Å². The molecule has 1 atom stereocenters. The topological polar surface area (TPSA) is 91.2 Å². The number of carbonyl (C=O) groups excluding carboxylic acids is 2. The second-order valence-corrected chi connectivity index (χ2v) is 7.84. The van der Waals surface area contributed by atoms with Gasteiger partial charge >= 0.3 is 0 Å². The van der Waals surface area contributed by atoms with Crippen LogP contribution in [-0.2, 0) is 9.59 Å². The zero-order chi connectivity index (χ0) is 21.3. The lowest BCUT2D eigenvalue weighted by atomic mass is 10.2. The van der Waals surface area contributed by atoms with Crippen LogP contribution in [0, 0.1) is 0 Å². The maximum absolute atomic E-state index is 12.8. The Bertz CT molecular complexity index is 887. The smallest absolute Gasteiger partial charge is 0.238 e. The van der Waals surface area contributed by atoms with Crippen LogP contribution in [0.4, 0.5) is 11.4 Å². The average molecular weight is 428 g/mol. The van der Waals surface area contributed by atoms with Crippen molar-refractivity contribution < 1.29 is 19.4 Å². The highest BCUT2D eigenvalue weighted by Crippen LogP contribution is 2.30. The van der Waals surface area contributed by atoms with Crippen molar-refractivity contribution in [3.63, 3.8) is 0 Å². The molecular weight excluding hydrogens is 402 g/mol. The third-order valence-corrected chi connectivity index (χ3v) is 5.52. The number of benzene rings is 2. The van der Waals surface area contributed by atoms with Gasteiger partial charge in [-0.15, -0.1) is 0 Å². The molecule has 2 aromatic rings. The lowest BCUT2D eigenvalue weighted by Gasteiger charge is -2.31. The van der Waals surface area contributed by atoms with E-state index in [-0.39, 0.29) is 31.4 Å². The molecule has 7 nitrogen and oxygen atoms in total. The van der Waals surface area contributed by atoms with E-state index in [1.807, 2.05) is 37.3 Å². The van der Waals surface area contributed by atoms with E-state index in [0.717, 1.165) is 12.2 Å². The molecule has 1 heterocycles. The molecule has 0 aromatic heterocycles. The Morgan fingerprint density at radius 1 is 1.23 bits per heavy atom. The summed E-state index contributed by atoms with van der Waals surface area (Å²) in [6.07, 6.45) is 0.966. The predicted molar refractivity (Wildman–Crippen MR) is 119 cm³/mol. The molecule has 0 unspecified atom stereocenters. The van der Waals surface area contributed by atoms with Crippen LogP contribution < -0.4 is 10.1 Å². The van der Waals surface area contributed by atoms with Gasteiger partial charge in [0.1, 0.15) is 11.0 Å². The van der Waals surface area contributed by atoms with E-state index in [1.54, 1.807) is 24.3 Å². The molecule has 1 aliphatic heterocycles. The lowest BCUT2D eigenvalue weighted by molar-refractivity contribution is -0.129. The molecule has 0 bridgehead atoms. The Morgan fingerprint density at radius 2 is 1.97 bits per heavy atom. The highest BCUT2D eigenvalue weighted by molar-refractivity contribution is 8.15. The van der Waals surface area contributed by atoms with Crippen molar-refractivity contribution >= 4 is 40.1 Å². The standard InChI is InChI=1S/C22H25N3O4S/c1-2-14-29-18-10-8-17(9-11-18)23-21(28)19-15-20(27)25(12-13-26)22(30-19)24-16-6-4-3-5-7-16/h3-11,19,26H,2,12-15H2,1H3,(H,23,28)/t19-/m0/s1. The first kappa shape index (κ1) is 21.9. The van der Waals surface area contributed by atoms with Gasteiger partial charge in [0.25, 0.3) is 0 Å². The van der Waals surface area contributed by atoms with Crippen LogP contribution in [-0.4, -0.2) is 52.0 Å². The number of aliphatic hydroxyl groups excluding tert-OH is 1. The number of nitrogens with zero attached hydrogens (tertiary/aromatic N) is 2. The monoisotopic (exact) mass is 427 g/mol. The normalized spacial score (nSPS) is 17.8. The van der Waals surface area contributed by atoms with E-state index in [1.165, 1.54) is 16.7 Å². The number of amides is 2. The van der Waals surface area contributed by atoms with E-state index in [0.29, 0.717) is 23.1 Å². The zero-order valence-electron chi connectivity index (χ0n) is 16.8. The van der Waals surface area contributed by atoms with Gasteiger partial charge in [0.05, 0.1) is 25.4 Å². The molecule has 8 heteroatoms. The molecule has 0 radical (unpaired) electrons. The molecule has 2 aromatic carbocycles. The van der Waals surface area contributed by atoms with Gasteiger partial charge in [-0.1, -0.05) is 36.9 Å². The molecule has 3 rings (SSSR count). The number of aliphatic hydroxyl groups is 1. The number of para-hydroxylation sites is 1. The largest absolute Gasteiger partial charge is 0.494 e. The number of nitrogens with one attached hydrogen (secondary N) is 1. The fraction of sp³-hybridized carbons (Fsp3) is 0.318. The van der Waals surface area contributed by atoms with Crippen LogP contribution in [0.3, 0.4) is 0 Å². The molecular formula is C22H25N3O4S. The van der Waals surface area contributed by atoms with Gasteiger partial charge in [0, 0.05) is 12.1 Å². The molecule has 2 N–H and O–H groups in total. The first-order valence-corrected chi connectivity index (χ1v) is 10.7. The summed E-state index contributed by atoms with van der Waals surface area (Å²) in [5.41, 5.74) is 1.32. The number of hydrogen-bond acceptors (Lipinski definition) is 6. The van der Waals surface area contributed by atoms with E-state index in [2.05, 4.69) is 10.3 Å². The Labute approximate surface area is 180 Å². The minimum atomic E-state index is -0.606. The van der Waals surface area contributed by atoms with Crippen molar-refractivity contribution in [1.82, 2.24) is 4.90 Å². The number of amidine groups is 1. The molecule has 0 spiro atoms. The van der Waals surface area contributed by atoms with Gasteiger partial charge in [-0.05, 0) is 42.8 Å². The average Bonchev–Trinajstić information content (AvgIpc) is 2.76. The third-order valence-electron chi connectivity index (χ3n) is 4.33. The summed E-state index contributed by atoms with van der Waals surface area (Å²) >= 11 is 1.23. The Balaban J connectivity index is 1.71. The van der Waals surface area contributed by atoms with Gasteiger partial charge in [-0.2, -0.15) is 0 Å². The highest BCUT2D eigenvalue weighted by atomic mass is 32.2. The molecule has 158 valence electrons. The Hall–Kier alpha value is -2.84. The van der Waals surface area contributed by atoms with E-state index in [9.17, 15) is 14.7 Å². The maximum atomic E-state index is 12.8. The fourth-order valence-corrected chi connectivity index (χ4v) is 3.98. The van der Waals surface area contributed by atoms with Gasteiger partial charge in [0.2, 0.25) is 11.8 Å². The summed E-state index contributed by atoms with van der Waals surface area (Å²) in [6, 6.07) is 16.4. The zero-order valence-corrected chi connectivity index (χ0v) is 17.6. The van der Waals surface area contributed by atoms with Crippen LogP contribution >= 0.6 is 11.8 Å². The van der Waals surface area contributed by atoms with Crippen molar-refractivity contribution in [2.45, 2.75) is 25.0 Å². The summed E-state index contributed by atoms with van der Waals surface area (Å²) < 4.78 is 5.55. The van der Waals surface area contributed by atoms with Gasteiger partial charge < -0.3 is 15.2 Å². The van der Waals surface area contributed by atoms with Crippen LogP contribution in [0.2, 0.25) is 0 Å². The minimum absolute atomic E-state index is 0.0437. The first-order valence-electron chi connectivity index (χ1n) is 9.86. The fourth-order valence-electron chi connectivity index (χ4n) is 2.85. The summed E-state index contributed by atoms with van der Waals surface area (Å²) in [7, 11) is 0. The highest BCUT2D eigenvalue weighted by Gasteiger charge is 2.35. The van der Waals surface area contributed by atoms with Crippen molar-refractivity contribution in [1.29, 1.82) is 0 Å². The Morgan fingerprint density at radius 3 is 2.63 bits per heavy atom. The van der Waals surface area contributed by atoms with Crippen molar-refractivity contribution in [2.75, 3.05) is 25.1 Å². The third kappa shape index (κ3) is 5.84. The number of anilines is 1. The summed E-state index contributed by atoms with van der Waals surface area (Å²) in [4.78, 5) is 31.4. The molecule has 0 saturated carbocycles. The molecule has 30 heavy (non-hydrogen) atoms. The molecule has 1 fully saturated rings. The van der Waals surface area contributed by atoms with Crippen LogP contribution in [0.15, 0.2) is 59.6 Å². The summed E-state index contributed by atoms with van der Waals surface area (Å²) in [6.45, 7) is 2.64. The van der Waals surface area contributed by atoms with Crippen molar-refractivity contribution in [2.24, 2.45) is 4.99 Å². The second kappa shape index (κ2) is 10.8. The summed E-state index contributed by atoms with van der Waals surface area (Å²) in [5, 5.41) is 12.0. The van der Waals surface area contributed by atoms with E-state index >= 15 is 0 Å². The van der Waals surface area contributed by atoms with Crippen LogP contribution in [0.1, 0.15) is 19.8 Å². The lowest BCUT2D eigenvalue weighted by Crippen LogP contribution is -2.46. The number of thioether (sulfide) groups is 1. The second-order valence-electron chi connectivity index (χ2n) is 6.67. The van der Waals surface area contributed by atoms with Crippen LogP contribution in [0.5, 0.6) is 5.75 Å². The molecule has 2 amide bonds. The molecule has 1 aliphatic rings. The Kier molecular flexibility index (Phi) is 7.87. The SMILES string of the molecule is CCCOc1ccc(NC(=O)[C@@H]2CC(=O)N(CCO)C(=Nc3ccccc3)S2)cc1. The van der Waals surface area contributed by atoms with Gasteiger partial charge in [0.15, 0.2) is 5.17 Å². The van der Waals surface area contributed by atoms with Crippen molar-refractivity contribution in [3.05, 3.63) is 54.6 Å². The quantitative estimate of drug-likeness (QED) is 0.674. The number of β-amino-alcohol motifs (C(OH)–C–C–N with tert-alkyl or cyclic N) is 1. The van der Waals surface area contributed by atoms with Gasteiger partial charge in [-0.3, -0.25) is 14.5 Å². The predicted octanol–water partition coefficient (Wildman–Crippen LogP) is 3.43. The van der Waals surface area contributed by atoms with Crippen molar-refractivity contribution in [3.8, 4) is 5.75 Å².